The van der Waals surface area contributed by atoms with Crippen molar-refractivity contribution in [2.75, 3.05) is 51.4 Å². The van der Waals surface area contributed by atoms with Crippen molar-refractivity contribution in [3.63, 3.8) is 0 Å². The number of hydrogen-bond donors (Lipinski definition) is 0. The van der Waals surface area contributed by atoms with Gasteiger partial charge in [-0.15, -0.1) is 0 Å². The number of benzene rings is 1. The zero-order valence-electron chi connectivity index (χ0n) is 14.5. The summed E-state index contributed by atoms with van der Waals surface area (Å²) in [5.74, 6) is 1.70. The number of rotatable bonds is 4. The van der Waals surface area contributed by atoms with Gasteiger partial charge < -0.3 is 28.5 Å². The molecule has 4 rings (SSSR count). The van der Waals surface area contributed by atoms with Crippen molar-refractivity contribution in [3.05, 3.63) is 24.3 Å². The van der Waals surface area contributed by atoms with E-state index in [1.165, 1.54) is 7.11 Å². The summed E-state index contributed by atoms with van der Waals surface area (Å²) in [6.45, 7) is 3.60. The summed E-state index contributed by atoms with van der Waals surface area (Å²) < 4.78 is 21.1. The SMILES string of the molecule is COC(=O)N1CCN(c2noc(-c3cccc(OC4COC4)c3)n2)CC1. The predicted octanol–water partition coefficient (Wildman–Crippen LogP) is 1.40. The Morgan fingerprint density at radius 2 is 2.04 bits per heavy atom. The fourth-order valence-electron chi connectivity index (χ4n) is 2.86. The fraction of sp³-hybridized carbons (Fsp3) is 0.471. The zero-order chi connectivity index (χ0) is 17.9. The standard InChI is InChI=1S/C17H20N4O5/c1-23-17(22)21-7-5-20(6-8-21)16-18-15(26-19-16)12-3-2-4-13(9-12)25-14-10-24-11-14/h2-4,9,14H,5-8,10-11H2,1H3. The van der Waals surface area contributed by atoms with E-state index in [1.807, 2.05) is 29.2 Å². The van der Waals surface area contributed by atoms with Gasteiger partial charge in [0.25, 0.3) is 11.8 Å². The Labute approximate surface area is 150 Å². The van der Waals surface area contributed by atoms with Crippen LogP contribution in [0.15, 0.2) is 28.8 Å². The third-order valence-electron chi connectivity index (χ3n) is 4.40. The minimum Gasteiger partial charge on any atom is -0.486 e. The number of nitrogens with zero attached hydrogens (tertiary/aromatic N) is 4. The number of amides is 1. The molecule has 26 heavy (non-hydrogen) atoms. The van der Waals surface area contributed by atoms with Crippen molar-refractivity contribution >= 4 is 12.0 Å². The first-order valence-electron chi connectivity index (χ1n) is 8.49. The lowest BCUT2D eigenvalue weighted by molar-refractivity contribution is -0.0796. The van der Waals surface area contributed by atoms with Gasteiger partial charge in [0.15, 0.2) is 0 Å². The van der Waals surface area contributed by atoms with E-state index in [-0.39, 0.29) is 12.2 Å². The number of carbonyl (C=O) groups is 1. The molecule has 0 spiro atoms. The molecular weight excluding hydrogens is 340 g/mol. The van der Waals surface area contributed by atoms with E-state index in [1.54, 1.807) is 4.90 Å². The monoisotopic (exact) mass is 360 g/mol. The molecule has 0 atom stereocenters. The molecule has 0 bridgehead atoms. The van der Waals surface area contributed by atoms with E-state index in [4.69, 9.17) is 18.7 Å². The third kappa shape index (κ3) is 3.43. The molecule has 0 N–H and O–H groups in total. The minimum atomic E-state index is -0.313. The van der Waals surface area contributed by atoms with Gasteiger partial charge in [-0.1, -0.05) is 6.07 Å². The van der Waals surface area contributed by atoms with E-state index in [9.17, 15) is 4.79 Å². The molecular formula is C17H20N4O5. The Hall–Kier alpha value is -2.81. The number of piperazine rings is 1. The molecule has 138 valence electrons. The first-order chi connectivity index (χ1) is 12.7. The van der Waals surface area contributed by atoms with Crippen LogP contribution >= 0.6 is 0 Å². The summed E-state index contributed by atoms with van der Waals surface area (Å²) in [6.07, 6.45) is -0.207. The number of hydrogen-bond acceptors (Lipinski definition) is 8. The minimum absolute atomic E-state index is 0.106. The average Bonchev–Trinajstić information content (AvgIpc) is 3.15. The summed E-state index contributed by atoms with van der Waals surface area (Å²) >= 11 is 0. The van der Waals surface area contributed by atoms with E-state index < -0.39 is 0 Å². The Morgan fingerprint density at radius 3 is 2.73 bits per heavy atom. The van der Waals surface area contributed by atoms with Crippen LogP contribution in [-0.4, -0.2) is 73.7 Å². The molecule has 2 fully saturated rings. The lowest BCUT2D eigenvalue weighted by atomic mass is 10.2. The fourth-order valence-corrected chi connectivity index (χ4v) is 2.86. The van der Waals surface area contributed by atoms with Gasteiger partial charge >= 0.3 is 6.09 Å². The molecule has 0 saturated carbocycles. The number of carbonyl (C=O) groups excluding carboxylic acids is 1. The van der Waals surface area contributed by atoms with Crippen LogP contribution in [0.2, 0.25) is 0 Å². The van der Waals surface area contributed by atoms with Crippen LogP contribution in [0.4, 0.5) is 10.7 Å². The van der Waals surface area contributed by atoms with E-state index in [0.717, 1.165) is 11.3 Å². The number of aromatic nitrogens is 2. The Kier molecular flexibility index (Phi) is 4.61. The highest BCUT2D eigenvalue weighted by atomic mass is 16.6. The molecule has 2 saturated heterocycles. The highest BCUT2D eigenvalue weighted by molar-refractivity contribution is 5.67. The van der Waals surface area contributed by atoms with Crippen LogP contribution in [0.5, 0.6) is 5.75 Å². The Morgan fingerprint density at radius 1 is 1.23 bits per heavy atom. The number of ether oxygens (including phenoxy) is 3. The molecule has 1 amide bonds. The second-order valence-corrected chi connectivity index (χ2v) is 6.15. The zero-order valence-corrected chi connectivity index (χ0v) is 14.5. The van der Waals surface area contributed by atoms with Crippen LogP contribution < -0.4 is 9.64 Å². The molecule has 1 aromatic heterocycles. The summed E-state index contributed by atoms with van der Waals surface area (Å²) in [5.41, 5.74) is 0.801. The van der Waals surface area contributed by atoms with Crippen molar-refractivity contribution in [1.82, 2.24) is 15.0 Å². The molecule has 0 unspecified atom stereocenters. The van der Waals surface area contributed by atoms with Crippen LogP contribution in [0, 0.1) is 0 Å². The first kappa shape index (κ1) is 16.6. The van der Waals surface area contributed by atoms with Gasteiger partial charge in [-0.25, -0.2) is 4.79 Å². The van der Waals surface area contributed by atoms with Crippen molar-refractivity contribution in [2.45, 2.75) is 6.10 Å². The molecule has 2 aliphatic heterocycles. The van der Waals surface area contributed by atoms with Crippen LogP contribution in [0.25, 0.3) is 11.5 Å². The summed E-state index contributed by atoms with van der Waals surface area (Å²) in [4.78, 5) is 19.7. The molecule has 0 radical (unpaired) electrons. The van der Waals surface area contributed by atoms with Gasteiger partial charge in [-0.3, -0.25) is 0 Å². The van der Waals surface area contributed by atoms with Gasteiger partial charge in [-0.2, -0.15) is 4.98 Å². The topological polar surface area (TPSA) is 90.2 Å². The van der Waals surface area contributed by atoms with Crippen molar-refractivity contribution in [1.29, 1.82) is 0 Å². The van der Waals surface area contributed by atoms with Crippen molar-refractivity contribution in [3.8, 4) is 17.2 Å². The summed E-state index contributed by atoms with van der Waals surface area (Å²) in [5, 5.41) is 4.07. The lowest BCUT2D eigenvalue weighted by Crippen LogP contribution is -2.49. The van der Waals surface area contributed by atoms with Gasteiger partial charge in [0.05, 0.1) is 20.3 Å². The Balaban J connectivity index is 1.42. The molecule has 0 aliphatic carbocycles. The highest BCUT2D eigenvalue weighted by Gasteiger charge is 2.25. The summed E-state index contributed by atoms with van der Waals surface area (Å²) in [6, 6.07) is 7.57. The second kappa shape index (κ2) is 7.20. The molecule has 1 aromatic carbocycles. The molecule has 3 heterocycles. The highest BCUT2D eigenvalue weighted by Crippen LogP contribution is 2.26. The maximum atomic E-state index is 11.5. The summed E-state index contributed by atoms with van der Waals surface area (Å²) in [7, 11) is 1.38. The van der Waals surface area contributed by atoms with Gasteiger partial charge in [-0.05, 0) is 23.4 Å². The number of methoxy groups -OCH3 is 1. The van der Waals surface area contributed by atoms with Crippen LogP contribution in [-0.2, 0) is 9.47 Å². The van der Waals surface area contributed by atoms with Crippen LogP contribution in [0.1, 0.15) is 0 Å². The maximum Gasteiger partial charge on any atom is 0.409 e. The third-order valence-corrected chi connectivity index (χ3v) is 4.40. The van der Waals surface area contributed by atoms with Gasteiger partial charge in [0, 0.05) is 31.7 Å². The average molecular weight is 360 g/mol. The quantitative estimate of drug-likeness (QED) is 0.808. The predicted molar refractivity (Wildman–Crippen MR) is 91.2 cm³/mol. The lowest BCUT2D eigenvalue weighted by Gasteiger charge is -2.32. The van der Waals surface area contributed by atoms with Crippen molar-refractivity contribution in [2.24, 2.45) is 0 Å². The first-order valence-corrected chi connectivity index (χ1v) is 8.49. The molecule has 2 aromatic rings. The normalized spacial score (nSPS) is 17.7. The van der Waals surface area contributed by atoms with Gasteiger partial charge in [0.1, 0.15) is 11.9 Å². The number of anilines is 1. The largest absolute Gasteiger partial charge is 0.486 e. The van der Waals surface area contributed by atoms with Gasteiger partial charge in [0.2, 0.25) is 0 Å². The van der Waals surface area contributed by atoms with E-state index >= 15 is 0 Å². The smallest absolute Gasteiger partial charge is 0.409 e. The molecule has 2 aliphatic rings. The molecule has 9 heteroatoms. The maximum absolute atomic E-state index is 11.5. The van der Waals surface area contributed by atoms with Crippen molar-refractivity contribution < 1.29 is 23.5 Å². The van der Waals surface area contributed by atoms with Crippen LogP contribution in [0.3, 0.4) is 0 Å². The second-order valence-electron chi connectivity index (χ2n) is 6.15. The van der Waals surface area contributed by atoms with E-state index in [2.05, 4.69) is 10.1 Å². The Bertz CT molecular complexity index is 768. The van der Waals surface area contributed by atoms with E-state index in [0.29, 0.717) is 51.2 Å². The molecule has 9 nitrogen and oxygen atoms in total.